The molecule has 0 radical (unpaired) electrons. The number of hydrogen-bond donors (Lipinski definition) is 0. The van der Waals surface area contributed by atoms with Crippen LogP contribution in [0.2, 0.25) is 0 Å². The summed E-state index contributed by atoms with van der Waals surface area (Å²) >= 11 is 0. The summed E-state index contributed by atoms with van der Waals surface area (Å²) < 4.78 is 67.6. The van der Waals surface area contributed by atoms with E-state index in [0.717, 1.165) is 10.2 Å². The van der Waals surface area contributed by atoms with E-state index in [1.165, 1.54) is 24.5 Å². The highest BCUT2D eigenvalue weighted by molar-refractivity contribution is 7.90. The van der Waals surface area contributed by atoms with Crippen LogP contribution in [0.1, 0.15) is 66.3 Å². The fourth-order valence-electron chi connectivity index (χ4n) is 5.49. The molecule has 0 saturated carbocycles. The average Bonchev–Trinajstić information content (AvgIpc) is 3.56. The SMILES string of the molecule is CC(C)(C)OC(=O)N1CCC(n2c(CN(C(=O)OC(C)(C)C)S(C)(=O)=O)nc3cnc4c(ccn4S(=O)(=O)c4ccccc4)c32)CC1. The maximum atomic E-state index is 13.6. The number of imidazole rings is 1. The Labute approximate surface area is 274 Å². The second-order valence-corrected chi connectivity index (χ2v) is 17.2. The van der Waals surface area contributed by atoms with Gasteiger partial charge in [-0.05, 0) is 72.6 Å². The van der Waals surface area contributed by atoms with Crippen molar-refractivity contribution in [2.75, 3.05) is 19.3 Å². The van der Waals surface area contributed by atoms with Crippen molar-refractivity contribution >= 4 is 54.3 Å². The third-order valence-electron chi connectivity index (χ3n) is 7.47. The third-order valence-corrected chi connectivity index (χ3v) is 10.2. The van der Waals surface area contributed by atoms with Crippen molar-refractivity contribution in [3.63, 3.8) is 0 Å². The smallest absolute Gasteiger partial charge is 0.424 e. The van der Waals surface area contributed by atoms with Gasteiger partial charge < -0.3 is 18.9 Å². The quantitative estimate of drug-likeness (QED) is 0.273. The Morgan fingerprint density at radius 2 is 1.55 bits per heavy atom. The highest BCUT2D eigenvalue weighted by atomic mass is 32.2. The minimum absolute atomic E-state index is 0.0873. The van der Waals surface area contributed by atoms with Crippen molar-refractivity contribution < 1.29 is 35.9 Å². The molecule has 0 aliphatic carbocycles. The Bertz CT molecular complexity index is 2030. The molecule has 1 saturated heterocycles. The zero-order chi connectivity index (χ0) is 34.5. The van der Waals surface area contributed by atoms with Gasteiger partial charge in [0.05, 0.1) is 29.4 Å². The van der Waals surface area contributed by atoms with Gasteiger partial charge in [0.1, 0.15) is 22.5 Å². The van der Waals surface area contributed by atoms with Crippen molar-refractivity contribution in [2.45, 2.75) is 83.1 Å². The lowest BCUT2D eigenvalue weighted by Gasteiger charge is -2.35. The summed E-state index contributed by atoms with van der Waals surface area (Å²) in [5, 5.41) is 0.471. The summed E-state index contributed by atoms with van der Waals surface area (Å²) in [5.41, 5.74) is -0.551. The molecule has 1 aliphatic heterocycles. The lowest BCUT2D eigenvalue weighted by atomic mass is 10.0. The molecule has 0 N–H and O–H groups in total. The average molecular weight is 689 g/mol. The van der Waals surface area contributed by atoms with Gasteiger partial charge in [0.15, 0.2) is 5.65 Å². The Kier molecular flexibility index (Phi) is 8.81. The number of sulfonamides is 1. The second-order valence-electron chi connectivity index (χ2n) is 13.5. The van der Waals surface area contributed by atoms with Gasteiger partial charge in [-0.2, -0.15) is 4.31 Å². The van der Waals surface area contributed by atoms with Crippen LogP contribution in [0.15, 0.2) is 53.7 Å². The van der Waals surface area contributed by atoms with Gasteiger partial charge in [0.25, 0.3) is 10.0 Å². The molecule has 0 bridgehead atoms. The van der Waals surface area contributed by atoms with E-state index < -0.39 is 50.0 Å². The summed E-state index contributed by atoms with van der Waals surface area (Å²) in [5.74, 6) is 0.236. The van der Waals surface area contributed by atoms with Gasteiger partial charge in [-0.25, -0.2) is 40.4 Å². The highest BCUT2D eigenvalue weighted by Gasteiger charge is 2.34. The third kappa shape index (κ3) is 7.22. The van der Waals surface area contributed by atoms with Gasteiger partial charge in [0, 0.05) is 30.7 Å². The molecule has 5 rings (SSSR count). The standard InChI is InChI=1S/C31H40N6O8S2/c1-30(2,3)44-28(38)34-16-13-21(14-17-34)37-25(20-36(46(7,40)41)29(39)45-31(4,5)6)33-24-19-32-27-23(26(24)37)15-18-35(27)47(42,43)22-11-9-8-10-12-22/h8-12,15,18-19,21H,13-14,16-17,20H2,1-7H3. The Morgan fingerprint density at radius 3 is 2.13 bits per heavy atom. The minimum Gasteiger partial charge on any atom is -0.444 e. The molecule has 47 heavy (non-hydrogen) atoms. The molecule has 0 atom stereocenters. The van der Waals surface area contributed by atoms with E-state index in [4.69, 9.17) is 14.5 Å². The Balaban J connectivity index is 1.63. The fraction of sp³-hybridized carbons (Fsp3) is 0.484. The minimum atomic E-state index is -4.11. The van der Waals surface area contributed by atoms with Crippen LogP contribution >= 0.6 is 0 Å². The van der Waals surface area contributed by atoms with Gasteiger partial charge in [-0.15, -0.1) is 0 Å². The predicted octanol–water partition coefficient (Wildman–Crippen LogP) is 4.89. The molecule has 0 spiro atoms. The highest BCUT2D eigenvalue weighted by Crippen LogP contribution is 2.35. The molecule has 4 heterocycles. The molecule has 16 heteroatoms. The van der Waals surface area contributed by atoms with Crippen LogP contribution in [0, 0.1) is 0 Å². The second kappa shape index (κ2) is 12.1. The summed E-state index contributed by atoms with van der Waals surface area (Å²) in [7, 11) is -8.11. The number of fused-ring (bicyclic) bond motifs is 3. The van der Waals surface area contributed by atoms with Crippen LogP contribution < -0.4 is 0 Å². The number of pyridine rings is 1. The van der Waals surface area contributed by atoms with E-state index in [9.17, 15) is 26.4 Å². The first-order valence-corrected chi connectivity index (χ1v) is 18.4. The van der Waals surface area contributed by atoms with Crippen LogP contribution in [-0.2, 0) is 36.1 Å². The number of aromatic nitrogens is 4. The molecule has 1 fully saturated rings. The van der Waals surface area contributed by atoms with E-state index in [1.54, 1.807) is 70.7 Å². The number of benzene rings is 1. The number of amides is 2. The number of rotatable bonds is 6. The molecule has 1 aliphatic rings. The number of hydrogen-bond acceptors (Lipinski definition) is 10. The fourth-order valence-corrected chi connectivity index (χ4v) is 7.47. The molecule has 4 aromatic rings. The topological polar surface area (TPSA) is 163 Å². The lowest BCUT2D eigenvalue weighted by molar-refractivity contribution is 0.0186. The normalized spacial score (nSPS) is 15.3. The number of carbonyl (C=O) groups excluding carboxylic acids is 2. The van der Waals surface area contributed by atoms with Crippen LogP contribution in [0.4, 0.5) is 9.59 Å². The molecular formula is C31H40N6O8S2. The van der Waals surface area contributed by atoms with Gasteiger partial charge >= 0.3 is 12.2 Å². The maximum absolute atomic E-state index is 13.6. The number of ether oxygens (including phenoxy) is 2. The van der Waals surface area contributed by atoms with Crippen molar-refractivity contribution in [3.05, 3.63) is 54.6 Å². The van der Waals surface area contributed by atoms with Crippen molar-refractivity contribution in [1.82, 2.24) is 27.7 Å². The molecule has 0 unspecified atom stereocenters. The van der Waals surface area contributed by atoms with Crippen molar-refractivity contribution in [3.8, 4) is 0 Å². The summed E-state index contributed by atoms with van der Waals surface area (Å²) in [6, 6.07) is 9.31. The van der Waals surface area contributed by atoms with Gasteiger partial charge in [0.2, 0.25) is 10.0 Å². The zero-order valence-corrected chi connectivity index (χ0v) is 29.1. The first kappa shape index (κ1) is 34.2. The zero-order valence-electron chi connectivity index (χ0n) is 27.5. The molecule has 3 aromatic heterocycles. The first-order chi connectivity index (χ1) is 21.8. The van der Waals surface area contributed by atoms with E-state index in [-0.39, 0.29) is 22.4 Å². The molecule has 254 valence electrons. The van der Waals surface area contributed by atoms with Crippen LogP contribution in [-0.4, -0.2) is 87.3 Å². The largest absolute Gasteiger partial charge is 0.444 e. The van der Waals surface area contributed by atoms with E-state index >= 15 is 0 Å². The Hall–Kier alpha value is -4.18. The van der Waals surface area contributed by atoms with Crippen molar-refractivity contribution in [1.29, 1.82) is 0 Å². The monoisotopic (exact) mass is 688 g/mol. The van der Waals surface area contributed by atoms with Gasteiger partial charge in [-0.1, -0.05) is 18.2 Å². The van der Waals surface area contributed by atoms with E-state index in [0.29, 0.717) is 46.7 Å². The predicted molar refractivity (Wildman–Crippen MR) is 175 cm³/mol. The van der Waals surface area contributed by atoms with E-state index in [1.807, 2.05) is 4.57 Å². The number of nitrogens with zero attached hydrogens (tertiary/aromatic N) is 6. The van der Waals surface area contributed by atoms with Crippen LogP contribution in [0.3, 0.4) is 0 Å². The van der Waals surface area contributed by atoms with Crippen LogP contribution in [0.25, 0.3) is 22.1 Å². The summed E-state index contributed by atoms with van der Waals surface area (Å²) in [6.45, 7) is 10.5. The number of carbonyl (C=O) groups is 2. The number of likely N-dealkylation sites (tertiary alicyclic amines) is 1. The van der Waals surface area contributed by atoms with Crippen LogP contribution in [0.5, 0.6) is 0 Å². The van der Waals surface area contributed by atoms with Gasteiger partial charge in [-0.3, -0.25) is 0 Å². The van der Waals surface area contributed by atoms with E-state index in [2.05, 4.69) is 4.98 Å². The number of piperidine rings is 1. The Morgan fingerprint density at radius 1 is 0.936 bits per heavy atom. The lowest BCUT2D eigenvalue weighted by Crippen LogP contribution is -2.43. The molecule has 14 nitrogen and oxygen atoms in total. The maximum Gasteiger partial charge on any atom is 0.424 e. The van der Waals surface area contributed by atoms with Crippen molar-refractivity contribution in [2.24, 2.45) is 0 Å². The molecule has 2 amide bonds. The molecular weight excluding hydrogens is 649 g/mol. The first-order valence-electron chi connectivity index (χ1n) is 15.1. The summed E-state index contributed by atoms with van der Waals surface area (Å²) in [4.78, 5) is 36.8. The summed E-state index contributed by atoms with van der Waals surface area (Å²) in [6.07, 6.45) is 3.19. The molecule has 1 aromatic carbocycles.